The van der Waals surface area contributed by atoms with Crippen LogP contribution in [0.3, 0.4) is 0 Å². The zero-order chi connectivity index (χ0) is 27.2. The molecule has 9 heteroatoms. The van der Waals surface area contributed by atoms with E-state index in [2.05, 4.69) is 16.4 Å². The van der Waals surface area contributed by atoms with E-state index in [1.54, 1.807) is 25.3 Å². The molecule has 0 spiro atoms. The first kappa shape index (κ1) is 27.5. The van der Waals surface area contributed by atoms with Crippen LogP contribution >= 0.6 is 0 Å². The van der Waals surface area contributed by atoms with Gasteiger partial charge in [0.25, 0.3) is 5.91 Å². The highest BCUT2D eigenvalue weighted by molar-refractivity contribution is 5.85. The predicted octanol–water partition coefficient (Wildman–Crippen LogP) is 5.67. The number of nitriles is 1. The number of hydrogen-bond donors (Lipinski definition) is 1. The number of halogens is 3. The van der Waals surface area contributed by atoms with E-state index in [-0.39, 0.29) is 11.8 Å². The van der Waals surface area contributed by atoms with E-state index in [0.29, 0.717) is 12.0 Å². The Labute approximate surface area is 214 Å². The summed E-state index contributed by atoms with van der Waals surface area (Å²) in [5.74, 6) is -0.321. The molecule has 1 N–H and O–H groups in total. The van der Waals surface area contributed by atoms with Crippen LogP contribution in [0.25, 0.3) is 0 Å². The first-order valence-electron chi connectivity index (χ1n) is 11.6. The van der Waals surface area contributed by atoms with Crippen molar-refractivity contribution >= 4 is 5.91 Å². The molecular weight excluding hydrogens is 482 g/mol. The molecular formula is C28H28F3N3O3. The fraction of sp³-hybridized carbons (Fsp3) is 0.321. The Bertz CT molecular complexity index is 1270. The molecule has 0 fully saturated rings. The third kappa shape index (κ3) is 7.23. The Kier molecular flexibility index (Phi) is 8.43. The molecule has 2 atom stereocenters. The first-order valence-corrected chi connectivity index (χ1v) is 11.6. The number of carbonyl (C=O) groups excluding carboxylic acids is 1. The molecule has 1 aromatic heterocycles. The zero-order valence-electron chi connectivity index (χ0n) is 21.0. The monoisotopic (exact) mass is 510 g/mol. The SMILES string of the molecule is COc1ccc(C[C@@H](c2cccc(C#N)c2)[C@H](C)NC(=O)C(C)(C)Oc2cc(C(F)(F)[18F])ccn2)cc1. The van der Waals surface area contributed by atoms with Gasteiger partial charge in [-0.05, 0) is 68.7 Å². The van der Waals surface area contributed by atoms with Crippen molar-refractivity contribution in [1.82, 2.24) is 10.3 Å². The number of carbonyl (C=O) groups is 1. The van der Waals surface area contributed by atoms with Gasteiger partial charge in [0.05, 0.1) is 24.3 Å². The average Bonchev–Trinajstić information content (AvgIpc) is 2.87. The van der Waals surface area contributed by atoms with Gasteiger partial charge in [-0.2, -0.15) is 18.4 Å². The third-order valence-electron chi connectivity index (χ3n) is 5.99. The average molecular weight is 511 g/mol. The predicted molar refractivity (Wildman–Crippen MR) is 132 cm³/mol. The number of benzene rings is 2. The lowest BCUT2D eigenvalue weighted by Gasteiger charge is -2.31. The topological polar surface area (TPSA) is 84.2 Å². The Morgan fingerprint density at radius 2 is 1.81 bits per heavy atom. The van der Waals surface area contributed by atoms with Crippen LogP contribution < -0.4 is 14.8 Å². The molecule has 0 bridgehead atoms. The smallest absolute Gasteiger partial charge is 0.416 e. The maximum Gasteiger partial charge on any atom is 0.416 e. The van der Waals surface area contributed by atoms with Crippen LogP contribution in [0.2, 0.25) is 0 Å². The van der Waals surface area contributed by atoms with Crippen LogP contribution in [-0.4, -0.2) is 29.6 Å². The van der Waals surface area contributed by atoms with Gasteiger partial charge in [-0.25, -0.2) is 4.98 Å². The number of ether oxygens (including phenoxy) is 2. The van der Waals surface area contributed by atoms with E-state index in [0.717, 1.165) is 35.2 Å². The lowest BCUT2D eigenvalue weighted by Crippen LogP contribution is -2.51. The molecule has 37 heavy (non-hydrogen) atoms. The second-order valence-electron chi connectivity index (χ2n) is 9.15. The van der Waals surface area contributed by atoms with Gasteiger partial charge < -0.3 is 14.8 Å². The molecule has 2 aromatic carbocycles. The second-order valence-corrected chi connectivity index (χ2v) is 9.15. The summed E-state index contributed by atoms with van der Waals surface area (Å²) in [6, 6.07) is 18.0. The quantitative estimate of drug-likeness (QED) is 0.401. The molecule has 6 nitrogen and oxygen atoms in total. The molecule has 194 valence electrons. The number of nitrogens with one attached hydrogen (secondary N) is 1. The van der Waals surface area contributed by atoms with Gasteiger partial charge in [0.1, 0.15) is 5.75 Å². The van der Waals surface area contributed by atoms with Gasteiger partial charge >= 0.3 is 6.18 Å². The number of amides is 1. The summed E-state index contributed by atoms with van der Waals surface area (Å²) in [7, 11) is 1.58. The lowest BCUT2D eigenvalue weighted by atomic mass is 9.85. The van der Waals surface area contributed by atoms with Crippen LogP contribution in [0, 0.1) is 11.3 Å². The molecule has 0 saturated carbocycles. The molecule has 0 aliphatic rings. The largest absolute Gasteiger partial charge is 0.497 e. The van der Waals surface area contributed by atoms with E-state index in [1.165, 1.54) is 13.8 Å². The summed E-state index contributed by atoms with van der Waals surface area (Å²) in [4.78, 5) is 17.0. The van der Waals surface area contributed by atoms with Crippen LogP contribution in [0.15, 0.2) is 66.9 Å². The maximum absolute atomic E-state index is 13.2. The minimum Gasteiger partial charge on any atom is -0.497 e. The first-order chi connectivity index (χ1) is 17.4. The Balaban J connectivity index is 1.82. The second kappa shape index (κ2) is 11.3. The summed E-state index contributed by atoms with van der Waals surface area (Å²) in [6.07, 6.45) is -3.02. The summed E-state index contributed by atoms with van der Waals surface area (Å²) in [5, 5.41) is 12.3. The van der Waals surface area contributed by atoms with Crippen molar-refractivity contribution < 1.29 is 27.4 Å². The number of pyridine rings is 1. The van der Waals surface area contributed by atoms with Crippen molar-refractivity contribution in [2.75, 3.05) is 7.11 Å². The molecule has 0 aliphatic heterocycles. The summed E-state index contributed by atoms with van der Waals surface area (Å²) < 4.78 is 50.0. The number of hydrogen-bond acceptors (Lipinski definition) is 5. The molecule has 3 rings (SSSR count). The number of aromatic nitrogens is 1. The van der Waals surface area contributed by atoms with Crippen molar-refractivity contribution in [1.29, 1.82) is 5.26 Å². The zero-order valence-corrected chi connectivity index (χ0v) is 21.0. The molecule has 3 aromatic rings. The van der Waals surface area contributed by atoms with Gasteiger partial charge in [0, 0.05) is 24.2 Å². The van der Waals surface area contributed by atoms with E-state index >= 15 is 0 Å². The highest BCUT2D eigenvalue weighted by Crippen LogP contribution is 2.31. The Morgan fingerprint density at radius 3 is 2.43 bits per heavy atom. The normalized spacial score (nSPS) is 13.2. The molecule has 1 heterocycles. The van der Waals surface area contributed by atoms with Crippen LogP contribution in [-0.2, 0) is 17.4 Å². The number of nitrogens with zero attached hydrogens (tertiary/aromatic N) is 2. The van der Waals surface area contributed by atoms with Crippen molar-refractivity contribution in [3.8, 4) is 17.7 Å². The highest BCUT2D eigenvalue weighted by Gasteiger charge is 2.35. The van der Waals surface area contributed by atoms with Gasteiger partial charge in [-0.1, -0.05) is 24.3 Å². The van der Waals surface area contributed by atoms with Crippen molar-refractivity contribution in [2.24, 2.45) is 0 Å². The number of methoxy groups -OCH3 is 1. The maximum atomic E-state index is 13.2. The number of rotatable bonds is 9. The van der Waals surface area contributed by atoms with Crippen LogP contribution in [0.5, 0.6) is 11.6 Å². The van der Waals surface area contributed by atoms with Gasteiger partial charge in [0.2, 0.25) is 5.88 Å². The standard InChI is InChI=1S/C28H28F3N3O3/c1-18(34-26(35)27(2,3)37-25-16-22(12-13-33-25)28(29,30)31)24(21-7-5-6-20(14-21)17-32)15-19-8-10-23(36-4)11-9-19/h5-14,16,18,24H,15H2,1-4H3,(H,34,35)/t18-,24+/m0/s1/i29-1. The fourth-order valence-electron chi connectivity index (χ4n) is 3.87. The minimum absolute atomic E-state index is 0.215. The molecule has 0 saturated heterocycles. The molecule has 0 radical (unpaired) electrons. The molecule has 0 unspecified atom stereocenters. The Morgan fingerprint density at radius 1 is 1.11 bits per heavy atom. The van der Waals surface area contributed by atoms with Crippen molar-refractivity contribution in [3.05, 3.63) is 89.1 Å². The van der Waals surface area contributed by atoms with Crippen molar-refractivity contribution in [2.45, 2.75) is 50.9 Å². The van der Waals surface area contributed by atoms with Crippen molar-refractivity contribution in [3.63, 3.8) is 0 Å². The fourth-order valence-corrected chi connectivity index (χ4v) is 3.87. The van der Waals surface area contributed by atoms with Crippen LogP contribution in [0.4, 0.5) is 13.2 Å². The summed E-state index contributed by atoms with van der Waals surface area (Å²) in [6.45, 7) is 4.77. The number of alkyl halides is 3. The van der Waals surface area contributed by atoms with Gasteiger partial charge in [-0.15, -0.1) is 0 Å². The summed E-state index contributed by atoms with van der Waals surface area (Å²) in [5.41, 5.74) is -0.0714. The third-order valence-corrected chi connectivity index (χ3v) is 5.99. The lowest BCUT2D eigenvalue weighted by molar-refractivity contribution is -0.138. The van der Waals surface area contributed by atoms with Gasteiger partial charge in [0.15, 0.2) is 5.60 Å². The highest BCUT2D eigenvalue weighted by atomic mass is 19.3. The minimum atomic E-state index is -4.56. The molecule has 0 aliphatic carbocycles. The van der Waals surface area contributed by atoms with E-state index < -0.39 is 29.3 Å². The van der Waals surface area contributed by atoms with E-state index in [1.807, 2.05) is 37.3 Å². The van der Waals surface area contributed by atoms with E-state index in [4.69, 9.17) is 9.47 Å². The molecule has 1 amide bonds. The van der Waals surface area contributed by atoms with Crippen LogP contribution in [0.1, 0.15) is 48.9 Å². The summed E-state index contributed by atoms with van der Waals surface area (Å²) >= 11 is 0. The van der Waals surface area contributed by atoms with E-state index in [9.17, 15) is 23.2 Å². The van der Waals surface area contributed by atoms with Gasteiger partial charge in [-0.3, -0.25) is 4.79 Å². The Hall–Kier alpha value is -4.06.